The van der Waals surface area contributed by atoms with Crippen molar-refractivity contribution in [3.63, 3.8) is 0 Å². The topological polar surface area (TPSA) is 26.0 Å². The summed E-state index contributed by atoms with van der Waals surface area (Å²) in [5.41, 5.74) is 5.55. The molecule has 80 valence electrons. The minimum absolute atomic E-state index is 0.676. The largest absolute Gasteiger partial charge is 0.330 e. The van der Waals surface area contributed by atoms with Gasteiger partial charge in [0.1, 0.15) is 0 Å². The lowest BCUT2D eigenvalue weighted by molar-refractivity contribution is 0.464. The van der Waals surface area contributed by atoms with Crippen molar-refractivity contribution in [3.8, 4) is 0 Å². The van der Waals surface area contributed by atoms with Crippen LogP contribution in [0.2, 0.25) is 0 Å². The highest BCUT2D eigenvalue weighted by Crippen LogP contribution is 2.35. The summed E-state index contributed by atoms with van der Waals surface area (Å²) in [6.45, 7) is 5.37. The van der Waals surface area contributed by atoms with E-state index in [1.54, 1.807) is 0 Å². The summed E-state index contributed by atoms with van der Waals surface area (Å²) in [6, 6.07) is 4.37. The van der Waals surface area contributed by atoms with Crippen molar-refractivity contribution in [1.82, 2.24) is 0 Å². The van der Waals surface area contributed by atoms with Crippen LogP contribution in [-0.4, -0.2) is 6.54 Å². The zero-order valence-electron chi connectivity index (χ0n) is 8.79. The second-order valence-corrected chi connectivity index (χ2v) is 6.42. The highest BCUT2D eigenvalue weighted by atomic mass is 79.9. The lowest BCUT2D eigenvalue weighted by atomic mass is 9.90. The second-order valence-electron chi connectivity index (χ2n) is 3.92. The fourth-order valence-corrected chi connectivity index (χ4v) is 3.40. The molecule has 0 radical (unpaired) electrons. The van der Waals surface area contributed by atoms with Crippen molar-refractivity contribution >= 4 is 27.3 Å². The quantitative estimate of drug-likeness (QED) is 0.864. The normalized spacial score (nSPS) is 13.5. The molecule has 1 unspecified atom stereocenters. The van der Waals surface area contributed by atoms with Gasteiger partial charge in [-0.1, -0.05) is 13.8 Å². The lowest BCUT2D eigenvalue weighted by Gasteiger charge is -2.18. The predicted molar refractivity (Wildman–Crippen MR) is 67.9 cm³/mol. The Bertz CT molecular complexity index is 270. The van der Waals surface area contributed by atoms with Gasteiger partial charge in [-0.25, -0.2) is 0 Å². The molecule has 2 N–H and O–H groups in total. The maximum absolute atomic E-state index is 5.55. The van der Waals surface area contributed by atoms with Crippen LogP contribution in [0, 0.1) is 5.92 Å². The van der Waals surface area contributed by atoms with Crippen molar-refractivity contribution in [1.29, 1.82) is 0 Å². The van der Waals surface area contributed by atoms with Gasteiger partial charge in [0.2, 0.25) is 0 Å². The zero-order chi connectivity index (χ0) is 10.6. The summed E-state index contributed by atoms with van der Waals surface area (Å²) in [5, 5.41) is 0. The van der Waals surface area contributed by atoms with Gasteiger partial charge in [0.05, 0.1) is 3.79 Å². The maximum Gasteiger partial charge on any atom is 0.0701 e. The first kappa shape index (κ1) is 12.2. The van der Waals surface area contributed by atoms with Crippen LogP contribution in [0.1, 0.15) is 37.5 Å². The molecule has 1 nitrogen and oxygen atoms in total. The molecule has 1 aromatic heterocycles. The van der Waals surface area contributed by atoms with Gasteiger partial charge < -0.3 is 5.73 Å². The van der Waals surface area contributed by atoms with Gasteiger partial charge in [0.25, 0.3) is 0 Å². The number of nitrogens with two attached hydrogens (primary N) is 1. The Morgan fingerprint density at radius 2 is 2.14 bits per heavy atom. The third kappa shape index (κ3) is 3.37. The average molecular weight is 276 g/mol. The Balaban J connectivity index is 2.67. The van der Waals surface area contributed by atoms with E-state index in [1.165, 1.54) is 15.1 Å². The van der Waals surface area contributed by atoms with E-state index in [2.05, 4.69) is 41.9 Å². The Hall–Kier alpha value is 0.140. The highest BCUT2D eigenvalue weighted by molar-refractivity contribution is 9.11. The standard InChI is InChI=1S/C11H18BrNS/c1-8(2)9(4-3-7-13)10-5-6-11(12)14-10/h5-6,8-9H,3-4,7,13H2,1-2H3. The summed E-state index contributed by atoms with van der Waals surface area (Å²) < 4.78 is 1.23. The Morgan fingerprint density at radius 3 is 2.57 bits per heavy atom. The van der Waals surface area contributed by atoms with Gasteiger partial charge in [0, 0.05) is 4.88 Å². The third-order valence-corrected chi connectivity index (χ3v) is 4.24. The van der Waals surface area contributed by atoms with Crippen molar-refractivity contribution < 1.29 is 0 Å². The van der Waals surface area contributed by atoms with Gasteiger partial charge in [-0.05, 0) is 59.3 Å². The fourth-order valence-electron chi connectivity index (χ4n) is 1.67. The molecular formula is C11H18BrNS. The van der Waals surface area contributed by atoms with E-state index in [1.807, 2.05) is 11.3 Å². The molecule has 1 atom stereocenters. The molecule has 0 amide bonds. The smallest absolute Gasteiger partial charge is 0.0701 e. The summed E-state index contributed by atoms with van der Waals surface area (Å²) >= 11 is 5.36. The number of hydrogen-bond acceptors (Lipinski definition) is 2. The van der Waals surface area contributed by atoms with E-state index in [-0.39, 0.29) is 0 Å². The maximum atomic E-state index is 5.55. The Labute approximate surface area is 98.8 Å². The van der Waals surface area contributed by atoms with Gasteiger partial charge in [0.15, 0.2) is 0 Å². The summed E-state index contributed by atoms with van der Waals surface area (Å²) in [5.74, 6) is 1.38. The molecule has 0 saturated carbocycles. The molecule has 0 fully saturated rings. The molecule has 14 heavy (non-hydrogen) atoms. The Kier molecular flexibility index (Phi) is 5.13. The van der Waals surface area contributed by atoms with Crippen LogP contribution in [-0.2, 0) is 0 Å². The van der Waals surface area contributed by atoms with Crippen molar-refractivity contribution in [2.24, 2.45) is 11.7 Å². The van der Waals surface area contributed by atoms with Gasteiger partial charge >= 0.3 is 0 Å². The summed E-state index contributed by atoms with van der Waals surface area (Å²) in [4.78, 5) is 1.49. The molecule has 0 bridgehead atoms. The van der Waals surface area contributed by atoms with E-state index in [4.69, 9.17) is 5.73 Å². The van der Waals surface area contributed by atoms with E-state index >= 15 is 0 Å². The van der Waals surface area contributed by atoms with Crippen molar-refractivity contribution in [3.05, 3.63) is 20.8 Å². The fraction of sp³-hybridized carbons (Fsp3) is 0.636. The third-order valence-electron chi connectivity index (χ3n) is 2.48. The molecular weight excluding hydrogens is 258 g/mol. The van der Waals surface area contributed by atoms with Gasteiger partial charge in [-0.2, -0.15) is 0 Å². The molecule has 1 rings (SSSR count). The van der Waals surface area contributed by atoms with Crippen LogP contribution in [0.15, 0.2) is 15.9 Å². The Morgan fingerprint density at radius 1 is 1.43 bits per heavy atom. The number of thiophene rings is 1. The van der Waals surface area contributed by atoms with Crippen molar-refractivity contribution in [2.75, 3.05) is 6.54 Å². The molecule has 3 heteroatoms. The van der Waals surface area contributed by atoms with Crippen LogP contribution < -0.4 is 5.73 Å². The van der Waals surface area contributed by atoms with Crippen LogP contribution in [0.5, 0.6) is 0 Å². The molecule has 1 aromatic rings. The monoisotopic (exact) mass is 275 g/mol. The van der Waals surface area contributed by atoms with Gasteiger partial charge in [-0.3, -0.25) is 0 Å². The van der Waals surface area contributed by atoms with Crippen LogP contribution in [0.3, 0.4) is 0 Å². The SMILES string of the molecule is CC(C)C(CCCN)c1ccc(Br)s1. The van der Waals surface area contributed by atoms with E-state index in [9.17, 15) is 0 Å². The van der Waals surface area contributed by atoms with Crippen molar-refractivity contribution in [2.45, 2.75) is 32.6 Å². The van der Waals surface area contributed by atoms with E-state index < -0.39 is 0 Å². The number of rotatable bonds is 5. The molecule has 0 spiro atoms. The first-order valence-electron chi connectivity index (χ1n) is 5.10. The zero-order valence-corrected chi connectivity index (χ0v) is 11.2. The molecule has 0 aliphatic heterocycles. The van der Waals surface area contributed by atoms with E-state index in [0.717, 1.165) is 13.0 Å². The van der Waals surface area contributed by atoms with Crippen LogP contribution in [0.25, 0.3) is 0 Å². The molecule has 0 aliphatic rings. The first-order valence-corrected chi connectivity index (χ1v) is 6.71. The predicted octanol–water partition coefficient (Wildman–Crippen LogP) is 3.99. The minimum atomic E-state index is 0.676. The summed E-state index contributed by atoms with van der Waals surface area (Å²) in [6.07, 6.45) is 2.33. The van der Waals surface area contributed by atoms with Crippen LogP contribution in [0.4, 0.5) is 0 Å². The second kappa shape index (κ2) is 5.89. The highest BCUT2D eigenvalue weighted by Gasteiger charge is 2.16. The van der Waals surface area contributed by atoms with Crippen LogP contribution >= 0.6 is 27.3 Å². The molecule has 0 aromatic carbocycles. The van der Waals surface area contributed by atoms with Gasteiger partial charge in [-0.15, -0.1) is 11.3 Å². The molecule has 0 aliphatic carbocycles. The van der Waals surface area contributed by atoms with E-state index in [0.29, 0.717) is 11.8 Å². The first-order chi connectivity index (χ1) is 6.65. The minimum Gasteiger partial charge on any atom is -0.330 e. The average Bonchev–Trinajstić information content (AvgIpc) is 2.52. The molecule has 0 saturated heterocycles. The number of hydrogen-bond donors (Lipinski definition) is 1. The summed E-state index contributed by atoms with van der Waals surface area (Å²) in [7, 11) is 0. The molecule has 1 heterocycles. The lowest BCUT2D eigenvalue weighted by Crippen LogP contribution is -2.08. The number of halogens is 1.